The van der Waals surface area contributed by atoms with Crippen molar-refractivity contribution in [1.29, 1.82) is 0 Å². The second kappa shape index (κ2) is 4.20. The summed E-state index contributed by atoms with van der Waals surface area (Å²) in [6.45, 7) is 4.09. The Bertz CT molecular complexity index is 299. The fourth-order valence-electron chi connectivity index (χ4n) is 1.10. The zero-order valence-corrected chi connectivity index (χ0v) is 9.31. The van der Waals surface area contributed by atoms with Crippen LogP contribution in [-0.2, 0) is 0 Å². The van der Waals surface area contributed by atoms with Crippen molar-refractivity contribution in [1.82, 2.24) is 0 Å². The highest BCUT2D eigenvalue weighted by atomic mass is 79.9. The minimum atomic E-state index is -0.250. The fourth-order valence-corrected chi connectivity index (χ4v) is 1.50. The van der Waals surface area contributed by atoms with Gasteiger partial charge in [-0.15, -0.1) is 0 Å². The van der Waals surface area contributed by atoms with Crippen molar-refractivity contribution in [2.75, 3.05) is 0 Å². The summed E-state index contributed by atoms with van der Waals surface area (Å²) in [5, 5.41) is 0. The third-order valence-corrected chi connectivity index (χ3v) is 2.65. The average molecular weight is 246 g/mol. The number of hydrogen-bond acceptors (Lipinski definition) is 1. The summed E-state index contributed by atoms with van der Waals surface area (Å²) in [7, 11) is 0. The van der Waals surface area contributed by atoms with E-state index < -0.39 is 0 Å². The van der Waals surface area contributed by atoms with Crippen LogP contribution in [0, 0.1) is 11.7 Å². The van der Waals surface area contributed by atoms with E-state index >= 15 is 0 Å². The van der Waals surface area contributed by atoms with E-state index in [9.17, 15) is 4.39 Å². The van der Waals surface area contributed by atoms with Gasteiger partial charge < -0.3 is 5.73 Å². The Labute approximate surface area is 86.3 Å². The summed E-state index contributed by atoms with van der Waals surface area (Å²) in [5.41, 5.74) is 6.87. The Balaban J connectivity index is 2.97. The number of halogens is 2. The summed E-state index contributed by atoms with van der Waals surface area (Å²) in [6, 6.07) is 4.86. The minimum Gasteiger partial charge on any atom is -0.324 e. The molecule has 0 radical (unpaired) electrons. The van der Waals surface area contributed by atoms with Gasteiger partial charge in [0.1, 0.15) is 5.82 Å². The van der Waals surface area contributed by atoms with Gasteiger partial charge in [-0.25, -0.2) is 4.39 Å². The highest BCUT2D eigenvalue weighted by Crippen LogP contribution is 2.23. The van der Waals surface area contributed by atoms with E-state index in [1.54, 1.807) is 12.1 Å². The van der Waals surface area contributed by atoms with Gasteiger partial charge in [-0.05, 0) is 39.5 Å². The number of benzene rings is 1. The van der Waals surface area contributed by atoms with E-state index in [0.717, 1.165) is 5.56 Å². The maximum atomic E-state index is 12.9. The van der Waals surface area contributed by atoms with E-state index in [0.29, 0.717) is 10.4 Å². The SMILES string of the molecule is CC(C)C(N)c1ccc(F)c(Br)c1. The van der Waals surface area contributed by atoms with Crippen molar-refractivity contribution in [2.24, 2.45) is 11.7 Å². The summed E-state index contributed by atoms with van der Waals surface area (Å²) in [5.74, 6) is 0.108. The van der Waals surface area contributed by atoms with Crippen LogP contribution in [0.5, 0.6) is 0 Å². The molecular weight excluding hydrogens is 233 g/mol. The minimum absolute atomic E-state index is 0.0306. The Morgan fingerprint density at radius 1 is 1.38 bits per heavy atom. The zero-order valence-electron chi connectivity index (χ0n) is 7.72. The molecule has 3 heteroatoms. The molecule has 1 aromatic rings. The quantitative estimate of drug-likeness (QED) is 0.851. The lowest BCUT2D eigenvalue weighted by atomic mass is 9.97. The van der Waals surface area contributed by atoms with Crippen LogP contribution in [0.1, 0.15) is 25.5 Å². The van der Waals surface area contributed by atoms with Gasteiger partial charge in [0.2, 0.25) is 0 Å². The summed E-state index contributed by atoms with van der Waals surface area (Å²) < 4.78 is 13.3. The molecular formula is C10H13BrFN. The van der Waals surface area contributed by atoms with Crippen LogP contribution < -0.4 is 5.73 Å². The maximum absolute atomic E-state index is 12.9. The third kappa shape index (κ3) is 2.51. The molecule has 13 heavy (non-hydrogen) atoms. The first-order valence-electron chi connectivity index (χ1n) is 4.23. The summed E-state index contributed by atoms with van der Waals surface area (Å²) in [4.78, 5) is 0. The molecule has 1 unspecified atom stereocenters. The van der Waals surface area contributed by atoms with E-state index in [2.05, 4.69) is 15.9 Å². The lowest BCUT2D eigenvalue weighted by molar-refractivity contribution is 0.512. The normalized spacial score (nSPS) is 13.4. The first-order valence-corrected chi connectivity index (χ1v) is 5.02. The van der Waals surface area contributed by atoms with Crippen LogP contribution >= 0.6 is 15.9 Å². The van der Waals surface area contributed by atoms with E-state index in [1.165, 1.54) is 6.07 Å². The van der Waals surface area contributed by atoms with E-state index in [-0.39, 0.29) is 11.9 Å². The monoisotopic (exact) mass is 245 g/mol. The average Bonchev–Trinajstić information content (AvgIpc) is 2.08. The molecule has 0 aliphatic rings. The van der Waals surface area contributed by atoms with Gasteiger partial charge in [-0.3, -0.25) is 0 Å². The molecule has 1 aromatic carbocycles. The Hall–Kier alpha value is -0.410. The Kier molecular flexibility index (Phi) is 3.45. The standard InChI is InChI=1S/C10H13BrFN/c1-6(2)10(13)7-3-4-9(12)8(11)5-7/h3-6,10H,13H2,1-2H3. The molecule has 0 saturated heterocycles. The van der Waals surface area contributed by atoms with Gasteiger partial charge in [0, 0.05) is 6.04 Å². The molecule has 0 saturated carbocycles. The number of nitrogens with two attached hydrogens (primary N) is 1. The molecule has 0 bridgehead atoms. The van der Waals surface area contributed by atoms with Gasteiger partial charge in [-0.1, -0.05) is 19.9 Å². The first-order chi connectivity index (χ1) is 6.02. The van der Waals surface area contributed by atoms with Crippen molar-refractivity contribution >= 4 is 15.9 Å². The predicted molar refractivity (Wildman–Crippen MR) is 55.9 cm³/mol. The lowest BCUT2D eigenvalue weighted by Gasteiger charge is -2.16. The van der Waals surface area contributed by atoms with Crippen molar-refractivity contribution in [2.45, 2.75) is 19.9 Å². The lowest BCUT2D eigenvalue weighted by Crippen LogP contribution is -2.16. The van der Waals surface area contributed by atoms with Gasteiger partial charge in [-0.2, -0.15) is 0 Å². The molecule has 0 aliphatic heterocycles. The topological polar surface area (TPSA) is 26.0 Å². The summed E-state index contributed by atoms with van der Waals surface area (Å²) >= 11 is 3.13. The van der Waals surface area contributed by atoms with Gasteiger partial charge >= 0.3 is 0 Å². The molecule has 72 valence electrons. The molecule has 0 amide bonds. The van der Waals surface area contributed by atoms with Crippen molar-refractivity contribution in [3.63, 3.8) is 0 Å². The molecule has 0 aromatic heterocycles. The van der Waals surface area contributed by atoms with Gasteiger partial charge in [0.15, 0.2) is 0 Å². The smallest absolute Gasteiger partial charge is 0.137 e. The van der Waals surface area contributed by atoms with Crippen molar-refractivity contribution < 1.29 is 4.39 Å². The molecule has 2 N–H and O–H groups in total. The number of rotatable bonds is 2. The molecule has 0 heterocycles. The van der Waals surface area contributed by atoms with Crippen LogP contribution in [0.3, 0.4) is 0 Å². The van der Waals surface area contributed by atoms with Crippen LogP contribution in [0.15, 0.2) is 22.7 Å². The zero-order chi connectivity index (χ0) is 10.0. The Morgan fingerprint density at radius 3 is 2.46 bits per heavy atom. The fraction of sp³-hybridized carbons (Fsp3) is 0.400. The second-order valence-electron chi connectivity index (χ2n) is 3.44. The number of hydrogen-bond donors (Lipinski definition) is 1. The van der Waals surface area contributed by atoms with Crippen molar-refractivity contribution in [3.05, 3.63) is 34.1 Å². The third-order valence-electron chi connectivity index (χ3n) is 2.05. The molecule has 0 spiro atoms. The Morgan fingerprint density at radius 2 is 2.00 bits per heavy atom. The van der Waals surface area contributed by atoms with Gasteiger partial charge in [0.25, 0.3) is 0 Å². The predicted octanol–water partition coefficient (Wildman–Crippen LogP) is 3.24. The highest BCUT2D eigenvalue weighted by Gasteiger charge is 2.11. The maximum Gasteiger partial charge on any atom is 0.137 e. The highest BCUT2D eigenvalue weighted by molar-refractivity contribution is 9.10. The largest absolute Gasteiger partial charge is 0.324 e. The molecule has 0 fully saturated rings. The van der Waals surface area contributed by atoms with Crippen LogP contribution in [0.4, 0.5) is 4.39 Å². The van der Waals surface area contributed by atoms with Crippen LogP contribution in [0.2, 0.25) is 0 Å². The van der Waals surface area contributed by atoms with Crippen LogP contribution in [0.25, 0.3) is 0 Å². The second-order valence-corrected chi connectivity index (χ2v) is 4.30. The summed E-state index contributed by atoms with van der Waals surface area (Å²) in [6.07, 6.45) is 0. The van der Waals surface area contributed by atoms with Crippen LogP contribution in [-0.4, -0.2) is 0 Å². The molecule has 1 atom stereocenters. The van der Waals surface area contributed by atoms with Crippen molar-refractivity contribution in [3.8, 4) is 0 Å². The molecule has 1 rings (SSSR count). The van der Waals surface area contributed by atoms with E-state index in [4.69, 9.17) is 5.73 Å². The first kappa shape index (κ1) is 10.7. The molecule has 0 aliphatic carbocycles. The van der Waals surface area contributed by atoms with Gasteiger partial charge in [0.05, 0.1) is 4.47 Å². The molecule has 1 nitrogen and oxygen atoms in total. The van der Waals surface area contributed by atoms with E-state index in [1.807, 2.05) is 13.8 Å².